The number of aryl methyl sites for hydroxylation is 1. The van der Waals surface area contributed by atoms with Crippen molar-refractivity contribution in [1.29, 1.82) is 0 Å². The lowest BCUT2D eigenvalue weighted by Crippen LogP contribution is -2.52. The Kier molecular flexibility index (Phi) is 4.04. The van der Waals surface area contributed by atoms with Crippen LogP contribution in [0.1, 0.15) is 43.1 Å². The van der Waals surface area contributed by atoms with Gasteiger partial charge in [-0.15, -0.1) is 5.10 Å². The number of nitrogens with one attached hydrogen (secondary N) is 1. The monoisotopic (exact) mass is 314 g/mol. The Balaban J connectivity index is 2.08. The fourth-order valence-electron chi connectivity index (χ4n) is 2.68. The van der Waals surface area contributed by atoms with E-state index in [1.54, 1.807) is 17.9 Å². The third kappa shape index (κ3) is 2.91. The van der Waals surface area contributed by atoms with Crippen LogP contribution in [0.5, 0.6) is 0 Å². The predicted molar refractivity (Wildman–Crippen MR) is 72.6 cm³/mol. The lowest BCUT2D eigenvalue weighted by atomic mass is 9.77. The topological polar surface area (TPSA) is 59.8 Å². The minimum Gasteiger partial charge on any atom is -0.344 e. The van der Waals surface area contributed by atoms with Crippen molar-refractivity contribution >= 4 is 21.8 Å². The molecule has 2 unspecified atom stereocenters. The minimum atomic E-state index is -0.133. The van der Waals surface area contributed by atoms with Crippen molar-refractivity contribution in [1.82, 2.24) is 20.3 Å². The van der Waals surface area contributed by atoms with E-state index in [0.29, 0.717) is 11.6 Å². The summed E-state index contributed by atoms with van der Waals surface area (Å²) < 4.78 is 1.54. The molecule has 0 aromatic carbocycles. The first-order valence-corrected chi connectivity index (χ1v) is 7.42. The molecule has 0 saturated heterocycles. The zero-order valence-corrected chi connectivity index (χ0v) is 12.4. The van der Waals surface area contributed by atoms with E-state index in [-0.39, 0.29) is 11.4 Å². The molecular weight excluding hydrogens is 296 g/mol. The summed E-state index contributed by atoms with van der Waals surface area (Å²) >= 11 is 3.55. The quantitative estimate of drug-likeness (QED) is 0.867. The Hall–Kier alpha value is -0.910. The summed E-state index contributed by atoms with van der Waals surface area (Å²) in [7, 11) is 1.76. The molecule has 0 radical (unpaired) electrons. The Morgan fingerprint density at radius 3 is 3.06 bits per heavy atom. The van der Waals surface area contributed by atoms with Crippen molar-refractivity contribution in [2.24, 2.45) is 13.0 Å². The first-order valence-electron chi connectivity index (χ1n) is 6.29. The van der Waals surface area contributed by atoms with Crippen LogP contribution in [-0.2, 0) is 7.05 Å². The van der Waals surface area contributed by atoms with Gasteiger partial charge in [0, 0.05) is 12.4 Å². The summed E-state index contributed by atoms with van der Waals surface area (Å²) in [6, 6.07) is 0. The van der Waals surface area contributed by atoms with Crippen LogP contribution in [0.4, 0.5) is 0 Å². The number of halogens is 1. The van der Waals surface area contributed by atoms with Crippen LogP contribution >= 0.6 is 15.9 Å². The molecule has 1 saturated carbocycles. The van der Waals surface area contributed by atoms with E-state index in [1.165, 1.54) is 6.42 Å². The van der Waals surface area contributed by atoms with Crippen LogP contribution in [0.25, 0.3) is 0 Å². The lowest BCUT2D eigenvalue weighted by Gasteiger charge is -2.39. The first-order chi connectivity index (χ1) is 8.54. The first kappa shape index (κ1) is 13.5. The molecule has 1 N–H and O–H groups in total. The number of carbonyl (C=O) groups excluding carboxylic acids is 1. The molecule has 100 valence electrons. The van der Waals surface area contributed by atoms with Crippen molar-refractivity contribution < 1.29 is 4.79 Å². The van der Waals surface area contributed by atoms with Gasteiger partial charge in [-0.3, -0.25) is 9.48 Å². The molecule has 2 atom stereocenters. The molecule has 1 aliphatic rings. The van der Waals surface area contributed by atoms with Crippen molar-refractivity contribution in [3.8, 4) is 0 Å². The van der Waals surface area contributed by atoms with Gasteiger partial charge in [-0.05, 0) is 18.8 Å². The Morgan fingerprint density at radius 1 is 1.72 bits per heavy atom. The van der Waals surface area contributed by atoms with Gasteiger partial charge in [0.15, 0.2) is 5.69 Å². The number of hydrogen-bond donors (Lipinski definition) is 1. The highest BCUT2D eigenvalue weighted by Crippen LogP contribution is 2.33. The van der Waals surface area contributed by atoms with E-state index in [4.69, 9.17) is 0 Å². The van der Waals surface area contributed by atoms with E-state index in [9.17, 15) is 4.79 Å². The van der Waals surface area contributed by atoms with Crippen LogP contribution in [0, 0.1) is 5.92 Å². The third-order valence-electron chi connectivity index (χ3n) is 3.56. The molecule has 6 heteroatoms. The van der Waals surface area contributed by atoms with Gasteiger partial charge in [0.05, 0.1) is 11.7 Å². The van der Waals surface area contributed by atoms with Crippen LogP contribution in [0.3, 0.4) is 0 Å². The number of alkyl halides is 1. The van der Waals surface area contributed by atoms with Gasteiger partial charge in [-0.2, -0.15) is 0 Å². The van der Waals surface area contributed by atoms with Gasteiger partial charge in [0.25, 0.3) is 5.91 Å². The van der Waals surface area contributed by atoms with E-state index in [2.05, 4.69) is 38.5 Å². The smallest absolute Gasteiger partial charge is 0.273 e. The van der Waals surface area contributed by atoms with Gasteiger partial charge in [0.1, 0.15) is 0 Å². The Labute approximate surface area is 115 Å². The highest BCUT2D eigenvalue weighted by Gasteiger charge is 2.35. The molecule has 0 spiro atoms. The number of rotatable bonds is 3. The molecule has 0 bridgehead atoms. The summed E-state index contributed by atoms with van der Waals surface area (Å²) in [6.45, 7) is 2.24. The molecule has 1 heterocycles. The highest BCUT2D eigenvalue weighted by atomic mass is 79.9. The molecule has 2 rings (SSSR count). The molecule has 1 aromatic heterocycles. The number of nitrogens with zero attached hydrogens (tertiary/aromatic N) is 3. The van der Waals surface area contributed by atoms with Crippen molar-refractivity contribution in [2.45, 2.75) is 38.1 Å². The third-order valence-corrected chi connectivity index (χ3v) is 4.63. The lowest BCUT2D eigenvalue weighted by molar-refractivity contribution is 0.0864. The van der Waals surface area contributed by atoms with Crippen molar-refractivity contribution in [3.05, 3.63) is 11.9 Å². The van der Waals surface area contributed by atoms with Crippen LogP contribution < -0.4 is 5.32 Å². The number of hydrogen-bond acceptors (Lipinski definition) is 3. The second-order valence-corrected chi connectivity index (χ2v) is 5.91. The zero-order chi connectivity index (χ0) is 13.2. The summed E-state index contributed by atoms with van der Waals surface area (Å²) in [5, 5.41) is 11.6. The van der Waals surface area contributed by atoms with Crippen molar-refractivity contribution in [3.63, 3.8) is 0 Å². The zero-order valence-electron chi connectivity index (χ0n) is 10.8. The highest BCUT2D eigenvalue weighted by molar-refractivity contribution is 9.09. The molecule has 18 heavy (non-hydrogen) atoms. The standard InChI is InChI=1S/C12H19BrN4O/c1-9-4-3-5-12(6-9,8-13)14-11(18)10-7-17(2)16-15-10/h7,9H,3-6,8H2,1-2H3,(H,14,18). The van der Waals surface area contributed by atoms with Crippen LogP contribution in [-0.4, -0.2) is 31.8 Å². The Morgan fingerprint density at radius 2 is 2.50 bits per heavy atom. The Bertz CT molecular complexity index is 433. The molecule has 1 amide bonds. The molecular formula is C12H19BrN4O. The van der Waals surface area contributed by atoms with E-state index < -0.39 is 0 Å². The maximum absolute atomic E-state index is 12.1. The maximum Gasteiger partial charge on any atom is 0.273 e. The van der Waals surface area contributed by atoms with E-state index in [0.717, 1.165) is 24.6 Å². The van der Waals surface area contributed by atoms with E-state index >= 15 is 0 Å². The van der Waals surface area contributed by atoms with Gasteiger partial charge < -0.3 is 5.32 Å². The number of amides is 1. The molecule has 1 aliphatic carbocycles. The summed E-state index contributed by atoms with van der Waals surface area (Å²) in [5.41, 5.74) is 0.253. The van der Waals surface area contributed by atoms with Gasteiger partial charge >= 0.3 is 0 Å². The SMILES string of the molecule is CC1CCCC(CBr)(NC(=O)c2cn(C)nn2)C1. The fourth-order valence-corrected chi connectivity index (χ4v) is 3.33. The number of carbonyl (C=O) groups is 1. The minimum absolute atomic E-state index is 0.128. The normalized spacial score (nSPS) is 28.1. The van der Waals surface area contributed by atoms with Gasteiger partial charge in [-0.25, -0.2) is 0 Å². The van der Waals surface area contributed by atoms with Crippen LogP contribution in [0.2, 0.25) is 0 Å². The largest absolute Gasteiger partial charge is 0.344 e. The van der Waals surface area contributed by atoms with Gasteiger partial charge in [0.2, 0.25) is 0 Å². The summed E-state index contributed by atoms with van der Waals surface area (Å²) in [6.07, 6.45) is 6.09. The predicted octanol–water partition coefficient (Wildman–Crippen LogP) is 1.89. The average molecular weight is 315 g/mol. The second-order valence-electron chi connectivity index (χ2n) is 5.35. The van der Waals surface area contributed by atoms with Crippen LogP contribution in [0.15, 0.2) is 6.20 Å². The summed E-state index contributed by atoms with van der Waals surface area (Å²) in [5.74, 6) is 0.523. The molecule has 5 nitrogen and oxygen atoms in total. The maximum atomic E-state index is 12.1. The molecule has 1 fully saturated rings. The van der Waals surface area contributed by atoms with E-state index in [1.807, 2.05) is 0 Å². The average Bonchev–Trinajstić information content (AvgIpc) is 2.76. The second kappa shape index (κ2) is 5.38. The number of aromatic nitrogens is 3. The van der Waals surface area contributed by atoms with Gasteiger partial charge in [-0.1, -0.05) is 40.9 Å². The fraction of sp³-hybridized carbons (Fsp3) is 0.750. The summed E-state index contributed by atoms with van der Waals surface area (Å²) in [4.78, 5) is 12.1. The molecule has 0 aliphatic heterocycles. The molecule has 1 aromatic rings. The van der Waals surface area contributed by atoms with Crippen molar-refractivity contribution in [2.75, 3.05) is 5.33 Å².